The summed E-state index contributed by atoms with van der Waals surface area (Å²) >= 11 is 9.01. The Bertz CT molecular complexity index is 380. The van der Waals surface area contributed by atoms with Crippen molar-refractivity contribution in [3.05, 3.63) is 22.6 Å². The van der Waals surface area contributed by atoms with Crippen LogP contribution in [-0.2, 0) is 4.74 Å². The summed E-state index contributed by atoms with van der Waals surface area (Å²) in [6.07, 6.45) is 1.58. The average Bonchev–Trinajstić information content (AvgIpc) is 2.29. The van der Waals surface area contributed by atoms with E-state index in [0.29, 0.717) is 35.9 Å². The van der Waals surface area contributed by atoms with Crippen molar-refractivity contribution in [2.75, 3.05) is 30.5 Å². The van der Waals surface area contributed by atoms with Crippen LogP contribution in [0.1, 0.15) is 0 Å². The number of pyridine rings is 1. The SMILES string of the molecule is Fc1cc(Br)cnc1N1CCOCC1CCl. The van der Waals surface area contributed by atoms with E-state index in [-0.39, 0.29) is 11.9 Å². The molecule has 1 unspecified atom stereocenters. The molecule has 1 aliphatic rings. The van der Waals surface area contributed by atoms with E-state index >= 15 is 0 Å². The van der Waals surface area contributed by atoms with E-state index in [9.17, 15) is 4.39 Å². The predicted molar refractivity (Wildman–Crippen MR) is 64.6 cm³/mol. The van der Waals surface area contributed by atoms with Crippen LogP contribution in [0.5, 0.6) is 0 Å². The molecule has 0 aromatic carbocycles. The monoisotopic (exact) mass is 308 g/mol. The summed E-state index contributed by atoms with van der Waals surface area (Å²) in [5.41, 5.74) is 0. The largest absolute Gasteiger partial charge is 0.377 e. The lowest BCUT2D eigenvalue weighted by Gasteiger charge is -2.35. The van der Waals surface area contributed by atoms with Crippen molar-refractivity contribution in [1.29, 1.82) is 0 Å². The molecule has 0 spiro atoms. The second-order valence-corrected chi connectivity index (χ2v) is 4.76. The van der Waals surface area contributed by atoms with Gasteiger partial charge in [-0.3, -0.25) is 0 Å². The minimum atomic E-state index is -0.341. The predicted octanol–water partition coefficient (Wildman–Crippen LogP) is 2.43. The zero-order valence-corrected chi connectivity index (χ0v) is 10.8. The standard InChI is InChI=1S/C10H11BrClFN2O/c11-7-3-9(13)10(14-5-7)15-1-2-16-6-8(15)4-12/h3,5,8H,1-2,4,6H2. The average molecular weight is 310 g/mol. The van der Waals surface area contributed by atoms with Crippen LogP contribution in [0.4, 0.5) is 10.2 Å². The van der Waals surface area contributed by atoms with Crippen LogP contribution in [0, 0.1) is 5.82 Å². The zero-order chi connectivity index (χ0) is 11.5. The molecule has 88 valence electrons. The number of anilines is 1. The van der Waals surface area contributed by atoms with Gasteiger partial charge >= 0.3 is 0 Å². The van der Waals surface area contributed by atoms with Crippen molar-refractivity contribution in [1.82, 2.24) is 4.98 Å². The minimum Gasteiger partial charge on any atom is -0.377 e. The summed E-state index contributed by atoms with van der Waals surface area (Å²) in [4.78, 5) is 5.95. The third-order valence-electron chi connectivity index (χ3n) is 2.47. The van der Waals surface area contributed by atoms with Gasteiger partial charge in [0.2, 0.25) is 0 Å². The smallest absolute Gasteiger partial charge is 0.166 e. The van der Waals surface area contributed by atoms with E-state index < -0.39 is 0 Å². The van der Waals surface area contributed by atoms with E-state index in [1.165, 1.54) is 6.07 Å². The molecule has 0 aliphatic carbocycles. The summed E-state index contributed by atoms with van der Waals surface area (Å²) in [6, 6.07) is 1.39. The van der Waals surface area contributed by atoms with Crippen molar-refractivity contribution in [2.45, 2.75) is 6.04 Å². The Morgan fingerprint density at radius 2 is 2.50 bits per heavy atom. The number of halogens is 3. The molecule has 0 saturated carbocycles. The molecule has 1 saturated heterocycles. The minimum absolute atomic E-state index is 0.0152. The first-order valence-corrected chi connectivity index (χ1v) is 6.26. The van der Waals surface area contributed by atoms with Gasteiger partial charge in [-0.15, -0.1) is 11.6 Å². The molecule has 0 bridgehead atoms. The molecular weight excluding hydrogens is 298 g/mol. The van der Waals surface area contributed by atoms with Crippen LogP contribution in [-0.4, -0.2) is 36.7 Å². The Balaban J connectivity index is 2.27. The van der Waals surface area contributed by atoms with E-state index in [1.807, 2.05) is 4.90 Å². The van der Waals surface area contributed by atoms with Crippen LogP contribution in [0.2, 0.25) is 0 Å². The Morgan fingerprint density at radius 1 is 1.69 bits per heavy atom. The molecule has 1 atom stereocenters. The lowest BCUT2D eigenvalue weighted by Crippen LogP contribution is -2.47. The van der Waals surface area contributed by atoms with Crippen molar-refractivity contribution >= 4 is 33.3 Å². The third-order valence-corrected chi connectivity index (χ3v) is 3.26. The molecule has 1 fully saturated rings. The van der Waals surface area contributed by atoms with Gasteiger partial charge in [0.25, 0.3) is 0 Å². The topological polar surface area (TPSA) is 25.4 Å². The van der Waals surface area contributed by atoms with Crippen LogP contribution in [0.3, 0.4) is 0 Å². The fourth-order valence-electron chi connectivity index (χ4n) is 1.68. The molecule has 1 aromatic heterocycles. The quantitative estimate of drug-likeness (QED) is 0.785. The molecule has 0 N–H and O–H groups in total. The highest BCUT2D eigenvalue weighted by atomic mass is 79.9. The van der Waals surface area contributed by atoms with Crippen molar-refractivity contribution in [2.24, 2.45) is 0 Å². The Kier molecular flexibility index (Phi) is 4.00. The first kappa shape index (κ1) is 12.1. The van der Waals surface area contributed by atoms with Gasteiger partial charge in [0, 0.05) is 23.1 Å². The number of alkyl halides is 1. The first-order chi connectivity index (χ1) is 7.72. The van der Waals surface area contributed by atoms with Gasteiger partial charge in [-0.25, -0.2) is 9.37 Å². The third kappa shape index (κ3) is 2.47. The lowest BCUT2D eigenvalue weighted by molar-refractivity contribution is 0.0990. The van der Waals surface area contributed by atoms with E-state index in [0.717, 1.165) is 0 Å². The maximum absolute atomic E-state index is 13.7. The maximum atomic E-state index is 13.7. The number of nitrogens with zero attached hydrogens (tertiary/aromatic N) is 2. The van der Waals surface area contributed by atoms with Gasteiger partial charge in [-0.05, 0) is 22.0 Å². The van der Waals surface area contributed by atoms with Crippen molar-refractivity contribution in [3.63, 3.8) is 0 Å². The van der Waals surface area contributed by atoms with Crippen LogP contribution in [0.15, 0.2) is 16.7 Å². The summed E-state index contributed by atoms with van der Waals surface area (Å²) in [7, 11) is 0. The highest BCUT2D eigenvalue weighted by Gasteiger charge is 2.25. The summed E-state index contributed by atoms with van der Waals surface area (Å²) in [5, 5.41) is 0. The highest BCUT2D eigenvalue weighted by molar-refractivity contribution is 9.10. The molecule has 1 aromatic rings. The molecule has 0 amide bonds. The van der Waals surface area contributed by atoms with Gasteiger partial charge in [0.1, 0.15) is 0 Å². The molecule has 16 heavy (non-hydrogen) atoms. The fourth-order valence-corrected chi connectivity index (χ4v) is 2.24. The van der Waals surface area contributed by atoms with Gasteiger partial charge in [0.15, 0.2) is 11.6 Å². The van der Waals surface area contributed by atoms with Crippen molar-refractivity contribution in [3.8, 4) is 0 Å². The molecule has 6 heteroatoms. The summed E-state index contributed by atoms with van der Waals surface area (Å²) in [5.74, 6) is 0.403. The first-order valence-electron chi connectivity index (χ1n) is 4.93. The Hall–Kier alpha value is -0.390. The number of rotatable bonds is 2. The Morgan fingerprint density at radius 3 is 3.19 bits per heavy atom. The fraction of sp³-hybridized carbons (Fsp3) is 0.500. The maximum Gasteiger partial charge on any atom is 0.166 e. The summed E-state index contributed by atoms with van der Waals surface area (Å²) in [6.45, 7) is 1.70. The van der Waals surface area contributed by atoms with Gasteiger partial charge in [0.05, 0.1) is 19.3 Å². The Labute approximate surface area is 107 Å². The lowest BCUT2D eigenvalue weighted by atomic mass is 10.2. The van der Waals surface area contributed by atoms with E-state index in [2.05, 4.69) is 20.9 Å². The number of hydrogen-bond donors (Lipinski definition) is 0. The van der Waals surface area contributed by atoms with Crippen LogP contribution >= 0.6 is 27.5 Å². The van der Waals surface area contributed by atoms with Gasteiger partial charge in [-0.1, -0.05) is 0 Å². The zero-order valence-electron chi connectivity index (χ0n) is 8.50. The molecule has 3 nitrogen and oxygen atoms in total. The number of aromatic nitrogens is 1. The summed E-state index contributed by atoms with van der Waals surface area (Å²) < 4.78 is 19.7. The highest BCUT2D eigenvalue weighted by Crippen LogP contribution is 2.23. The molecule has 2 heterocycles. The van der Waals surface area contributed by atoms with Gasteiger partial charge in [-0.2, -0.15) is 0 Å². The number of hydrogen-bond acceptors (Lipinski definition) is 3. The number of ether oxygens (including phenoxy) is 1. The second-order valence-electron chi connectivity index (χ2n) is 3.54. The second kappa shape index (κ2) is 5.29. The normalized spacial score (nSPS) is 21.2. The van der Waals surface area contributed by atoms with E-state index in [4.69, 9.17) is 16.3 Å². The van der Waals surface area contributed by atoms with E-state index in [1.54, 1.807) is 6.20 Å². The molecular formula is C10H11BrClFN2O. The number of morpholine rings is 1. The van der Waals surface area contributed by atoms with Gasteiger partial charge < -0.3 is 9.64 Å². The van der Waals surface area contributed by atoms with Crippen LogP contribution < -0.4 is 4.90 Å². The van der Waals surface area contributed by atoms with Crippen molar-refractivity contribution < 1.29 is 9.13 Å². The molecule has 2 rings (SSSR count). The molecule has 1 aliphatic heterocycles. The van der Waals surface area contributed by atoms with Crippen LogP contribution in [0.25, 0.3) is 0 Å². The molecule has 0 radical (unpaired) electrons.